The second-order valence-electron chi connectivity index (χ2n) is 8.76. The number of aromatic nitrogens is 2. The molecular weight excluding hydrogens is 441 g/mol. The Labute approximate surface area is 196 Å². The second kappa shape index (κ2) is 10.1. The Morgan fingerprint density at radius 1 is 1.24 bits per heavy atom. The first-order valence-electron chi connectivity index (χ1n) is 11.3. The number of hydrogen-bond acceptors (Lipinski definition) is 6. The van der Waals surface area contributed by atoms with Crippen LogP contribution >= 0.6 is 11.3 Å². The van der Waals surface area contributed by atoms with Gasteiger partial charge in [0.15, 0.2) is 0 Å². The topological polar surface area (TPSA) is 90.1 Å². The predicted octanol–water partition coefficient (Wildman–Crippen LogP) is 3.52. The van der Waals surface area contributed by atoms with Crippen molar-refractivity contribution in [2.75, 3.05) is 13.6 Å². The summed E-state index contributed by atoms with van der Waals surface area (Å²) in [6.45, 7) is 4.59. The van der Waals surface area contributed by atoms with E-state index in [1.165, 1.54) is 23.5 Å². The largest absolute Gasteiger partial charge is 0.346 e. The summed E-state index contributed by atoms with van der Waals surface area (Å²) in [5, 5.41) is 0.654. The number of aromatic amines is 1. The molecule has 4 rings (SSSR count). The van der Waals surface area contributed by atoms with Crippen LogP contribution in [0, 0.1) is 19.7 Å². The summed E-state index contributed by atoms with van der Waals surface area (Å²) in [4.78, 5) is 35.9. The molecule has 3 heterocycles. The lowest BCUT2D eigenvalue weighted by Gasteiger charge is -2.18. The first-order chi connectivity index (χ1) is 15.8. The van der Waals surface area contributed by atoms with Gasteiger partial charge in [-0.05, 0) is 56.4 Å². The molecule has 1 aliphatic heterocycles. The van der Waals surface area contributed by atoms with E-state index in [0.29, 0.717) is 36.6 Å². The summed E-state index contributed by atoms with van der Waals surface area (Å²) in [7, 11) is 1.81. The zero-order valence-corrected chi connectivity index (χ0v) is 20.0. The third-order valence-corrected chi connectivity index (χ3v) is 7.49. The number of hydrazine groups is 1. The lowest BCUT2D eigenvalue weighted by molar-refractivity contribution is -0.129. The summed E-state index contributed by atoms with van der Waals surface area (Å²) in [5.74, 6) is 0.370. The number of aryl methyl sites for hydroxylation is 3. The summed E-state index contributed by atoms with van der Waals surface area (Å²) in [6, 6.07) is 7.06. The van der Waals surface area contributed by atoms with Crippen molar-refractivity contribution in [2.45, 2.75) is 58.0 Å². The Balaban J connectivity index is 1.21. The van der Waals surface area contributed by atoms with Crippen LogP contribution < -0.4 is 16.4 Å². The van der Waals surface area contributed by atoms with Gasteiger partial charge in [-0.1, -0.05) is 12.1 Å². The van der Waals surface area contributed by atoms with Crippen molar-refractivity contribution in [3.05, 3.63) is 62.3 Å². The molecule has 2 atom stereocenters. The van der Waals surface area contributed by atoms with E-state index in [1.807, 2.05) is 33.0 Å². The van der Waals surface area contributed by atoms with Crippen LogP contribution in [0.25, 0.3) is 10.2 Å². The van der Waals surface area contributed by atoms with E-state index in [4.69, 9.17) is 0 Å². The number of carbonyl (C=O) groups excluding carboxylic acids is 1. The molecule has 1 aromatic carbocycles. The molecule has 0 bridgehead atoms. The maximum Gasteiger partial charge on any atom is 0.259 e. The van der Waals surface area contributed by atoms with Crippen LogP contribution in [0.15, 0.2) is 29.1 Å². The van der Waals surface area contributed by atoms with Gasteiger partial charge in [0.2, 0.25) is 5.91 Å². The number of halogens is 1. The van der Waals surface area contributed by atoms with Crippen LogP contribution in [0.1, 0.15) is 53.6 Å². The monoisotopic (exact) mass is 471 g/mol. The summed E-state index contributed by atoms with van der Waals surface area (Å²) < 4.78 is 13.1. The smallest absolute Gasteiger partial charge is 0.259 e. The first kappa shape index (κ1) is 23.5. The minimum atomic E-state index is -0.228. The van der Waals surface area contributed by atoms with E-state index in [2.05, 4.69) is 20.8 Å². The fourth-order valence-electron chi connectivity index (χ4n) is 4.26. The molecule has 7 nitrogen and oxygen atoms in total. The number of fused-ring (bicyclic) bond motifs is 1. The minimum Gasteiger partial charge on any atom is -0.346 e. The van der Waals surface area contributed by atoms with Gasteiger partial charge in [-0.2, -0.15) is 0 Å². The Bertz CT molecular complexity index is 1190. The van der Waals surface area contributed by atoms with E-state index in [9.17, 15) is 14.0 Å². The van der Waals surface area contributed by atoms with E-state index in [-0.39, 0.29) is 23.3 Å². The molecule has 2 unspecified atom stereocenters. The molecule has 0 saturated carbocycles. The lowest BCUT2D eigenvalue weighted by atomic mass is 9.99. The van der Waals surface area contributed by atoms with Gasteiger partial charge in [0, 0.05) is 43.4 Å². The van der Waals surface area contributed by atoms with Gasteiger partial charge in [0.25, 0.3) is 5.56 Å². The number of carbonyl (C=O) groups is 1. The van der Waals surface area contributed by atoms with Crippen LogP contribution in [0.4, 0.5) is 4.39 Å². The van der Waals surface area contributed by atoms with Gasteiger partial charge in [-0.25, -0.2) is 9.37 Å². The van der Waals surface area contributed by atoms with E-state index in [0.717, 1.165) is 40.1 Å². The van der Waals surface area contributed by atoms with Crippen molar-refractivity contribution < 1.29 is 9.18 Å². The van der Waals surface area contributed by atoms with Gasteiger partial charge < -0.3 is 9.88 Å². The second-order valence-corrected chi connectivity index (χ2v) is 9.96. The molecule has 1 fully saturated rings. The van der Waals surface area contributed by atoms with E-state index < -0.39 is 0 Å². The summed E-state index contributed by atoms with van der Waals surface area (Å²) >= 11 is 1.52. The van der Waals surface area contributed by atoms with Crippen molar-refractivity contribution in [3.8, 4) is 0 Å². The maximum atomic E-state index is 13.1. The van der Waals surface area contributed by atoms with Crippen LogP contribution in [-0.4, -0.2) is 40.4 Å². The third kappa shape index (κ3) is 5.48. The van der Waals surface area contributed by atoms with Crippen molar-refractivity contribution >= 4 is 27.5 Å². The fourth-order valence-corrected chi connectivity index (χ4v) is 5.31. The molecule has 9 heteroatoms. The fraction of sp³-hybridized carbons (Fsp3) is 0.458. The highest BCUT2D eigenvalue weighted by molar-refractivity contribution is 7.18. The van der Waals surface area contributed by atoms with Gasteiger partial charge in [-0.3, -0.25) is 20.4 Å². The minimum absolute atomic E-state index is 0.0398. The van der Waals surface area contributed by atoms with Crippen molar-refractivity contribution in [2.24, 2.45) is 0 Å². The van der Waals surface area contributed by atoms with Crippen molar-refractivity contribution in [3.63, 3.8) is 0 Å². The number of rotatable bonds is 8. The summed E-state index contributed by atoms with van der Waals surface area (Å²) in [6.07, 6.45) is 3.46. The van der Waals surface area contributed by atoms with Gasteiger partial charge >= 0.3 is 0 Å². The molecule has 1 amide bonds. The molecule has 1 aliphatic rings. The predicted molar refractivity (Wildman–Crippen MR) is 129 cm³/mol. The number of thiophene rings is 1. The normalized spacial score (nSPS) is 18.2. The molecule has 0 radical (unpaired) electrons. The number of nitrogens with one attached hydrogen (secondary N) is 3. The average Bonchev–Trinajstić information content (AvgIpc) is 3.37. The van der Waals surface area contributed by atoms with Crippen molar-refractivity contribution in [1.29, 1.82) is 0 Å². The van der Waals surface area contributed by atoms with Crippen molar-refractivity contribution in [1.82, 2.24) is 25.7 Å². The van der Waals surface area contributed by atoms with Crippen LogP contribution in [0.2, 0.25) is 0 Å². The zero-order chi connectivity index (χ0) is 23.5. The van der Waals surface area contributed by atoms with Crippen LogP contribution in [0.3, 0.4) is 0 Å². The molecule has 3 N–H and O–H groups in total. The zero-order valence-electron chi connectivity index (χ0n) is 19.2. The molecule has 33 heavy (non-hydrogen) atoms. The molecule has 3 aromatic rings. The number of H-pyrrole nitrogens is 1. The Morgan fingerprint density at radius 3 is 2.76 bits per heavy atom. The highest BCUT2D eigenvalue weighted by Gasteiger charge is 2.24. The van der Waals surface area contributed by atoms with E-state index >= 15 is 0 Å². The SMILES string of the molecule is Cc1sc2nc(CCC(=O)N(C)CCCC3CC(c4ccc(F)cc4)NN3)[nH]c(=O)c2c1C. The first-order valence-corrected chi connectivity index (χ1v) is 12.1. The van der Waals surface area contributed by atoms with Gasteiger partial charge in [0.05, 0.1) is 5.39 Å². The van der Waals surface area contributed by atoms with Gasteiger partial charge in [-0.15, -0.1) is 11.3 Å². The lowest BCUT2D eigenvalue weighted by Crippen LogP contribution is -2.32. The number of benzene rings is 1. The Morgan fingerprint density at radius 2 is 2.00 bits per heavy atom. The maximum absolute atomic E-state index is 13.1. The van der Waals surface area contributed by atoms with Gasteiger partial charge in [0.1, 0.15) is 16.5 Å². The van der Waals surface area contributed by atoms with E-state index in [1.54, 1.807) is 4.90 Å². The highest BCUT2D eigenvalue weighted by atomic mass is 32.1. The third-order valence-electron chi connectivity index (χ3n) is 6.39. The standard InChI is InChI=1S/C24H30FN5O2S/c1-14-15(2)33-24-22(14)23(32)26-20(27-24)10-11-21(31)30(3)12-4-5-18-13-19(29-28-18)16-6-8-17(25)9-7-16/h6-9,18-19,28-29H,4-5,10-13H2,1-3H3,(H,26,27,32). The molecular formula is C24H30FN5O2S. The molecule has 2 aromatic heterocycles. The molecule has 0 spiro atoms. The quantitative estimate of drug-likeness (QED) is 0.468. The average molecular weight is 472 g/mol. The number of amides is 1. The number of nitrogens with zero attached hydrogens (tertiary/aromatic N) is 2. The molecule has 1 saturated heterocycles. The highest BCUT2D eigenvalue weighted by Crippen LogP contribution is 2.26. The Kier molecular flexibility index (Phi) is 7.21. The summed E-state index contributed by atoms with van der Waals surface area (Å²) in [5.41, 5.74) is 8.49. The number of hydrogen-bond donors (Lipinski definition) is 3. The Hall–Kier alpha value is -2.62. The molecule has 0 aliphatic carbocycles. The molecule has 176 valence electrons. The van der Waals surface area contributed by atoms with Crippen LogP contribution in [-0.2, 0) is 11.2 Å². The van der Waals surface area contributed by atoms with Crippen LogP contribution in [0.5, 0.6) is 0 Å².